The number of rotatable bonds is 4. The standard InChI is InChI=1S/C17H20O3/c1-12-9-10-16(20-4)14(11-12)17(2,18)13-7-5-6-8-15(13)19-3/h5-11,18H,1-4H3. The predicted octanol–water partition coefficient (Wildman–Crippen LogP) is 3.27. The van der Waals surface area contributed by atoms with Gasteiger partial charge < -0.3 is 14.6 Å². The molecule has 1 unspecified atom stereocenters. The highest BCUT2D eigenvalue weighted by atomic mass is 16.5. The van der Waals surface area contributed by atoms with Crippen molar-refractivity contribution >= 4 is 0 Å². The van der Waals surface area contributed by atoms with Gasteiger partial charge in [-0.15, -0.1) is 0 Å². The van der Waals surface area contributed by atoms with E-state index in [2.05, 4.69) is 0 Å². The average Bonchev–Trinajstić information content (AvgIpc) is 2.47. The highest BCUT2D eigenvalue weighted by Crippen LogP contribution is 2.39. The van der Waals surface area contributed by atoms with Crippen LogP contribution in [0.5, 0.6) is 11.5 Å². The third-order valence-corrected chi connectivity index (χ3v) is 3.51. The monoisotopic (exact) mass is 272 g/mol. The van der Waals surface area contributed by atoms with Crippen LogP contribution in [0.15, 0.2) is 42.5 Å². The minimum atomic E-state index is -1.19. The van der Waals surface area contributed by atoms with Crippen LogP contribution in [0.4, 0.5) is 0 Å². The van der Waals surface area contributed by atoms with E-state index in [1.165, 1.54) is 0 Å². The Labute approximate surface area is 119 Å². The van der Waals surface area contributed by atoms with Crippen molar-refractivity contribution in [2.75, 3.05) is 14.2 Å². The highest BCUT2D eigenvalue weighted by molar-refractivity contribution is 5.50. The molecule has 0 radical (unpaired) electrons. The van der Waals surface area contributed by atoms with E-state index in [-0.39, 0.29) is 0 Å². The van der Waals surface area contributed by atoms with E-state index in [1.54, 1.807) is 21.1 Å². The number of hydrogen-bond donors (Lipinski definition) is 1. The van der Waals surface area contributed by atoms with Crippen LogP contribution >= 0.6 is 0 Å². The molecule has 2 aromatic carbocycles. The quantitative estimate of drug-likeness (QED) is 0.928. The van der Waals surface area contributed by atoms with Crippen LogP contribution in [0, 0.1) is 6.92 Å². The molecule has 0 fully saturated rings. The number of aliphatic hydroxyl groups is 1. The molecule has 0 aliphatic heterocycles. The van der Waals surface area contributed by atoms with Crippen LogP contribution in [0.3, 0.4) is 0 Å². The Morgan fingerprint density at radius 2 is 1.50 bits per heavy atom. The van der Waals surface area contributed by atoms with Crippen LogP contribution in [0.2, 0.25) is 0 Å². The molecule has 0 saturated heterocycles. The second kappa shape index (κ2) is 5.55. The first-order valence-corrected chi connectivity index (χ1v) is 6.51. The van der Waals surface area contributed by atoms with Gasteiger partial charge in [-0.25, -0.2) is 0 Å². The summed E-state index contributed by atoms with van der Waals surface area (Å²) in [6.45, 7) is 3.74. The lowest BCUT2D eigenvalue weighted by atomic mass is 9.86. The predicted molar refractivity (Wildman–Crippen MR) is 79.4 cm³/mol. The minimum absolute atomic E-state index is 0.654. The Hall–Kier alpha value is -2.00. The molecule has 20 heavy (non-hydrogen) atoms. The molecule has 3 heteroatoms. The molecule has 1 atom stereocenters. The van der Waals surface area contributed by atoms with E-state index in [1.807, 2.05) is 49.4 Å². The first-order valence-electron chi connectivity index (χ1n) is 6.51. The molecule has 0 bridgehead atoms. The van der Waals surface area contributed by atoms with E-state index >= 15 is 0 Å². The number of aryl methyl sites for hydroxylation is 1. The Balaban J connectivity index is 2.62. The van der Waals surface area contributed by atoms with Gasteiger partial charge in [-0.2, -0.15) is 0 Å². The van der Waals surface area contributed by atoms with E-state index in [9.17, 15) is 5.11 Å². The lowest BCUT2D eigenvalue weighted by Crippen LogP contribution is -2.24. The van der Waals surface area contributed by atoms with Gasteiger partial charge in [0, 0.05) is 11.1 Å². The van der Waals surface area contributed by atoms with Gasteiger partial charge in [0.15, 0.2) is 0 Å². The van der Waals surface area contributed by atoms with Gasteiger partial charge in [0.2, 0.25) is 0 Å². The fourth-order valence-electron chi connectivity index (χ4n) is 2.39. The summed E-state index contributed by atoms with van der Waals surface area (Å²) in [5.41, 5.74) is 1.32. The van der Waals surface area contributed by atoms with Crippen LogP contribution in [-0.4, -0.2) is 19.3 Å². The summed E-state index contributed by atoms with van der Waals surface area (Å²) in [7, 11) is 3.20. The first kappa shape index (κ1) is 14.4. The van der Waals surface area contributed by atoms with Gasteiger partial charge in [0.1, 0.15) is 17.1 Å². The summed E-state index contributed by atoms with van der Waals surface area (Å²) in [5, 5.41) is 11.0. The SMILES string of the molecule is COc1ccccc1C(C)(O)c1cc(C)ccc1OC. The van der Waals surface area contributed by atoms with Crippen LogP contribution in [0.1, 0.15) is 23.6 Å². The van der Waals surface area contributed by atoms with Gasteiger partial charge in [-0.3, -0.25) is 0 Å². The smallest absolute Gasteiger partial charge is 0.125 e. The maximum Gasteiger partial charge on any atom is 0.125 e. The molecule has 0 spiro atoms. The van der Waals surface area contributed by atoms with E-state index in [0.717, 1.165) is 11.1 Å². The van der Waals surface area contributed by atoms with Gasteiger partial charge in [-0.1, -0.05) is 29.8 Å². The fraction of sp³-hybridized carbons (Fsp3) is 0.294. The highest BCUT2D eigenvalue weighted by Gasteiger charge is 2.31. The lowest BCUT2D eigenvalue weighted by Gasteiger charge is -2.28. The van der Waals surface area contributed by atoms with Gasteiger partial charge in [-0.05, 0) is 32.0 Å². The molecule has 106 valence electrons. The van der Waals surface area contributed by atoms with Crippen LogP contribution in [-0.2, 0) is 5.60 Å². The average molecular weight is 272 g/mol. The summed E-state index contributed by atoms with van der Waals surface area (Å²) in [5.74, 6) is 1.31. The molecule has 2 aromatic rings. The van der Waals surface area contributed by atoms with Crippen molar-refractivity contribution in [3.8, 4) is 11.5 Å². The number of methoxy groups -OCH3 is 2. The maximum absolute atomic E-state index is 11.0. The largest absolute Gasteiger partial charge is 0.496 e. The van der Waals surface area contributed by atoms with Crippen molar-refractivity contribution in [1.82, 2.24) is 0 Å². The van der Waals surface area contributed by atoms with E-state index in [4.69, 9.17) is 9.47 Å². The number of hydrogen-bond acceptors (Lipinski definition) is 3. The normalized spacial score (nSPS) is 13.7. The third kappa shape index (κ3) is 2.49. The number of para-hydroxylation sites is 1. The van der Waals surface area contributed by atoms with Gasteiger partial charge in [0.05, 0.1) is 14.2 Å². The summed E-state index contributed by atoms with van der Waals surface area (Å²) in [4.78, 5) is 0. The summed E-state index contributed by atoms with van der Waals surface area (Å²) in [6, 6.07) is 13.2. The van der Waals surface area contributed by atoms with Gasteiger partial charge in [0.25, 0.3) is 0 Å². The number of ether oxygens (including phenoxy) is 2. The molecule has 0 aliphatic rings. The summed E-state index contributed by atoms with van der Waals surface area (Å²) >= 11 is 0. The molecule has 1 N–H and O–H groups in total. The number of benzene rings is 2. The third-order valence-electron chi connectivity index (χ3n) is 3.51. The van der Waals surface area contributed by atoms with Crippen molar-refractivity contribution in [1.29, 1.82) is 0 Å². The zero-order valence-corrected chi connectivity index (χ0v) is 12.3. The molecular weight excluding hydrogens is 252 g/mol. The molecule has 0 aromatic heterocycles. The zero-order valence-electron chi connectivity index (χ0n) is 12.3. The van der Waals surface area contributed by atoms with Crippen molar-refractivity contribution in [3.05, 3.63) is 59.2 Å². The summed E-state index contributed by atoms with van der Waals surface area (Å²) < 4.78 is 10.7. The lowest BCUT2D eigenvalue weighted by molar-refractivity contribution is 0.0957. The summed E-state index contributed by atoms with van der Waals surface area (Å²) in [6.07, 6.45) is 0. The van der Waals surface area contributed by atoms with Crippen LogP contribution < -0.4 is 9.47 Å². The first-order chi connectivity index (χ1) is 9.50. The Kier molecular flexibility index (Phi) is 4.00. The minimum Gasteiger partial charge on any atom is -0.496 e. The Morgan fingerprint density at radius 1 is 0.900 bits per heavy atom. The molecule has 0 heterocycles. The second-order valence-corrected chi connectivity index (χ2v) is 4.98. The van der Waals surface area contributed by atoms with E-state index in [0.29, 0.717) is 17.1 Å². The molecule has 3 nitrogen and oxygen atoms in total. The van der Waals surface area contributed by atoms with E-state index < -0.39 is 5.60 Å². The Bertz CT molecular complexity index is 603. The molecule has 0 aliphatic carbocycles. The zero-order chi connectivity index (χ0) is 14.8. The van der Waals surface area contributed by atoms with Gasteiger partial charge >= 0.3 is 0 Å². The second-order valence-electron chi connectivity index (χ2n) is 4.98. The van der Waals surface area contributed by atoms with Crippen LogP contribution in [0.25, 0.3) is 0 Å². The molecular formula is C17H20O3. The molecule has 0 amide bonds. The van der Waals surface area contributed by atoms with Crippen molar-refractivity contribution in [2.45, 2.75) is 19.4 Å². The van der Waals surface area contributed by atoms with Crippen molar-refractivity contribution in [2.24, 2.45) is 0 Å². The Morgan fingerprint density at radius 3 is 2.15 bits per heavy atom. The molecule has 0 saturated carbocycles. The van der Waals surface area contributed by atoms with Crippen molar-refractivity contribution < 1.29 is 14.6 Å². The fourth-order valence-corrected chi connectivity index (χ4v) is 2.39. The molecule has 2 rings (SSSR count). The maximum atomic E-state index is 11.0. The topological polar surface area (TPSA) is 38.7 Å². The van der Waals surface area contributed by atoms with Crippen molar-refractivity contribution in [3.63, 3.8) is 0 Å².